The molecule has 0 radical (unpaired) electrons. The van der Waals surface area contributed by atoms with E-state index in [0.717, 1.165) is 13.0 Å². The molecule has 19 heavy (non-hydrogen) atoms. The van der Waals surface area contributed by atoms with E-state index in [0.29, 0.717) is 28.6 Å². The number of benzene rings is 1. The molecule has 0 bridgehead atoms. The topological polar surface area (TPSA) is 27.1 Å². The average Bonchev–Trinajstić information content (AvgIpc) is 3.04. The predicted molar refractivity (Wildman–Crippen MR) is 71.8 cm³/mol. The molecule has 1 aromatic carbocycles. The molecule has 1 saturated heterocycles. The Morgan fingerprint density at radius 3 is 3.05 bits per heavy atom. The lowest BCUT2D eigenvalue weighted by molar-refractivity contribution is 0.187. The van der Waals surface area contributed by atoms with Crippen LogP contribution >= 0.6 is 11.6 Å². The van der Waals surface area contributed by atoms with Crippen LogP contribution in [0, 0.1) is 12.7 Å². The Hall–Kier alpha value is -1.39. The van der Waals surface area contributed by atoms with Gasteiger partial charge in [0.25, 0.3) is 0 Å². The van der Waals surface area contributed by atoms with Crippen LogP contribution in [0.15, 0.2) is 24.5 Å². The minimum atomic E-state index is -0.307. The summed E-state index contributed by atoms with van der Waals surface area (Å²) in [6, 6.07) is 3.58. The molecule has 0 aliphatic carbocycles. The summed E-state index contributed by atoms with van der Waals surface area (Å²) in [4.78, 5) is 4.28. The molecule has 0 amide bonds. The second kappa shape index (κ2) is 4.94. The van der Waals surface area contributed by atoms with Gasteiger partial charge in [0.1, 0.15) is 11.6 Å². The molecule has 1 aromatic heterocycles. The smallest absolute Gasteiger partial charge is 0.144 e. The fraction of sp³-hybridized carbons (Fsp3) is 0.357. The van der Waals surface area contributed by atoms with Gasteiger partial charge in [-0.05, 0) is 25.0 Å². The Balaban J connectivity index is 2.13. The van der Waals surface area contributed by atoms with Gasteiger partial charge in [0.2, 0.25) is 0 Å². The van der Waals surface area contributed by atoms with Crippen LogP contribution in [0.1, 0.15) is 18.0 Å². The van der Waals surface area contributed by atoms with Crippen molar-refractivity contribution in [2.45, 2.75) is 19.4 Å². The van der Waals surface area contributed by atoms with E-state index >= 15 is 0 Å². The third-order valence-corrected chi connectivity index (χ3v) is 3.79. The number of halogens is 2. The molecular formula is C14H14ClFN2O. The van der Waals surface area contributed by atoms with E-state index in [1.807, 2.05) is 10.8 Å². The summed E-state index contributed by atoms with van der Waals surface area (Å²) >= 11 is 6.15. The number of nitrogens with zero attached hydrogens (tertiary/aromatic N) is 2. The van der Waals surface area contributed by atoms with Crippen molar-refractivity contribution in [3.05, 3.63) is 40.9 Å². The largest absolute Gasteiger partial charge is 0.379 e. The number of ether oxygens (including phenoxy) is 1. The number of hydrogen-bond donors (Lipinski definition) is 0. The maximum absolute atomic E-state index is 14.3. The highest BCUT2D eigenvalue weighted by Crippen LogP contribution is 2.33. The van der Waals surface area contributed by atoms with E-state index in [4.69, 9.17) is 16.3 Å². The highest BCUT2D eigenvalue weighted by atomic mass is 35.5. The molecule has 2 heterocycles. The molecule has 0 N–H and O–H groups in total. The quantitative estimate of drug-likeness (QED) is 0.840. The minimum absolute atomic E-state index is 0.202. The first-order valence-corrected chi connectivity index (χ1v) is 6.62. The van der Waals surface area contributed by atoms with Crippen molar-refractivity contribution in [3.8, 4) is 11.4 Å². The van der Waals surface area contributed by atoms with Crippen LogP contribution in [0.25, 0.3) is 11.4 Å². The van der Waals surface area contributed by atoms with Gasteiger partial charge in [0, 0.05) is 19.0 Å². The van der Waals surface area contributed by atoms with Crippen molar-refractivity contribution in [2.75, 3.05) is 13.2 Å². The molecule has 100 valence electrons. The van der Waals surface area contributed by atoms with Crippen LogP contribution in [0.5, 0.6) is 0 Å². The molecule has 1 atom stereocenters. The van der Waals surface area contributed by atoms with Gasteiger partial charge in [-0.3, -0.25) is 0 Å². The van der Waals surface area contributed by atoms with Crippen molar-refractivity contribution < 1.29 is 9.13 Å². The monoisotopic (exact) mass is 280 g/mol. The van der Waals surface area contributed by atoms with Crippen molar-refractivity contribution in [3.63, 3.8) is 0 Å². The molecule has 0 saturated carbocycles. The minimum Gasteiger partial charge on any atom is -0.379 e. The van der Waals surface area contributed by atoms with Gasteiger partial charge in [-0.25, -0.2) is 9.37 Å². The molecule has 3 rings (SSSR count). The van der Waals surface area contributed by atoms with Gasteiger partial charge in [-0.1, -0.05) is 17.7 Å². The second-order valence-corrected chi connectivity index (χ2v) is 5.14. The molecule has 0 spiro atoms. The first-order chi connectivity index (χ1) is 9.18. The summed E-state index contributed by atoms with van der Waals surface area (Å²) in [6.07, 6.45) is 4.44. The summed E-state index contributed by atoms with van der Waals surface area (Å²) in [5, 5.41) is 0.384. The zero-order valence-corrected chi connectivity index (χ0v) is 11.3. The Morgan fingerprint density at radius 1 is 1.47 bits per heavy atom. The van der Waals surface area contributed by atoms with Crippen molar-refractivity contribution in [2.24, 2.45) is 0 Å². The SMILES string of the molecule is Cc1ccc(Cl)c(-c2nccn2C2CCOC2)c1F. The van der Waals surface area contributed by atoms with Crippen LogP contribution in [-0.4, -0.2) is 22.8 Å². The molecular weight excluding hydrogens is 267 g/mol. The number of aryl methyl sites for hydroxylation is 1. The van der Waals surface area contributed by atoms with Crippen LogP contribution in [0.4, 0.5) is 4.39 Å². The zero-order valence-electron chi connectivity index (χ0n) is 10.6. The van der Waals surface area contributed by atoms with Gasteiger partial charge in [0.05, 0.1) is 23.2 Å². The third kappa shape index (κ3) is 2.15. The van der Waals surface area contributed by atoms with Crippen molar-refractivity contribution in [1.82, 2.24) is 9.55 Å². The summed E-state index contributed by atoms with van der Waals surface area (Å²) in [6.45, 7) is 3.09. The Kier molecular flexibility index (Phi) is 3.29. The van der Waals surface area contributed by atoms with Crippen LogP contribution in [0.3, 0.4) is 0 Å². The first kappa shape index (κ1) is 12.6. The van der Waals surface area contributed by atoms with Crippen molar-refractivity contribution in [1.29, 1.82) is 0 Å². The van der Waals surface area contributed by atoms with E-state index in [1.54, 1.807) is 25.3 Å². The Labute approximate surface area is 116 Å². The Morgan fingerprint density at radius 2 is 2.32 bits per heavy atom. The molecule has 5 heteroatoms. The fourth-order valence-corrected chi connectivity index (χ4v) is 2.63. The lowest BCUT2D eigenvalue weighted by Crippen LogP contribution is -2.10. The molecule has 1 aliphatic heterocycles. The second-order valence-electron chi connectivity index (χ2n) is 4.73. The lowest BCUT2D eigenvalue weighted by atomic mass is 10.1. The van der Waals surface area contributed by atoms with Gasteiger partial charge in [-0.15, -0.1) is 0 Å². The molecule has 1 aliphatic rings. The highest BCUT2D eigenvalue weighted by molar-refractivity contribution is 6.33. The van der Waals surface area contributed by atoms with E-state index in [-0.39, 0.29) is 11.9 Å². The summed E-state index contributed by atoms with van der Waals surface area (Å²) in [5.41, 5.74) is 0.940. The number of imidazole rings is 1. The van der Waals surface area contributed by atoms with Crippen LogP contribution in [-0.2, 0) is 4.74 Å². The van der Waals surface area contributed by atoms with Crippen LogP contribution < -0.4 is 0 Å². The third-order valence-electron chi connectivity index (χ3n) is 3.48. The average molecular weight is 281 g/mol. The molecule has 3 nitrogen and oxygen atoms in total. The zero-order chi connectivity index (χ0) is 13.4. The standard InChI is InChI=1S/C14H14ClFN2O/c1-9-2-3-11(15)12(13(9)16)14-17-5-6-18(14)10-4-7-19-8-10/h2-3,5-6,10H,4,7-8H2,1H3. The van der Waals surface area contributed by atoms with Gasteiger partial charge in [-0.2, -0.15) is 0 Å². The molecule has 2 aromatic rings. The number of aromatic nitrogens is 2. The summed E-state index contributed by atoms with van der Waals surface area (Å²) in [5.74, 6) is 0.264. The van der Waals surface area contributed by atoms with Gasteiger partial charge in [0.15, 0.2) is 0 Å². The van der Waals surface area contributed by atoms with Crippen molar-refractivity contribution >= 4 is 11.6 Å². The maximum atomic E-state index is 14.3. The van der Waals surface area contributed by atoms with E-state index in [9.17, 15) is 4.39 Å². The summed E-state index contributed by atoms with van der Waals surface area (Å²) < 4.78 is 21.7. The van der Waals surface area contributed by atoms with E-state index in [2.05, 4.69) is 4.98 Å². The maximum Gasteiger partial charge on any atom is 0.144 e. The van der Waals surface area contributed by atoms with Crippen LogP contribution in [0.2, 0.25) is 5.02 Å². The van der Waals surface area contributed by atoms with Gasteiger partial charge < -0.3 is 9.30 Å². The highest BCUT2D eigenvalue weighted by Gasteiger charge is 2.23. The van der Waals surface area contributed by atoms with E-state index in [1.165, 1.54) is 0 Å². The number of rotatable bonds is 2. The van der Waals surface area contributed by atoms with E-state index < -0.39 is 0 Å². The Bertz CT molecular complexity index is 605. The fourth-order valence-electron chi connectivity index (χ4n) is 2.40. The van der Waals surface area contributed by atoms with Gasteiger partial charge >= 0.3 is 0 Å². The normalized spacial score (nSPS) is 19.0. The first-order valence-electron chi connectivity index (χ1n) is 6.24. The molecule has 1 fully saturated rings. The predicted octanol–water partition coefficient (Wildman–Crippen LogP) is 3.61. The summed E-state index contributed by atoms with van der Waals surface area (Å²) in [7, 11) is 0. The molecule has 1 unspecified atom stereocenters. The number of hydrogen-bond acceptors (Lipinski definition) is 2. The lowest BCUT2D eigenvalue weighted by Gasteiger charge is -2.15.